The van der Waals surface area contributed by atoms with Crippen LogP contribution in [0.15, 0.2) is 4.99 Å². The monoisotopic (exact) mass is 512 g/mol. The summed E-state index contributed by atoms with van der Waals surface area (Å²) in [5.74, 6) is 3.32. The van der Waals surface area contributed by atoms with Crippen LogP contribution in [-0.2, 0) is 10.0 Å². The average molecular weight is 513 g/mol. The van der Waals surface area contributed by atoms with E-state index in [1.165, 1.54) is 44.8 Å². The highest BCUT2D eigenvalue weighted by molar-refractivity contribution is 14.0. The highest BCUT2D eigenvalue weighted by atomic mass is 127. The maximum atomic E-state index is 11.6. The Morgan fingerprint density at radius 3 is 2.44 bits per heavy atom. The van der Waals surface area contributed by atoms with E-state index in [1.54, 1.807) is 4.31 Å². The standard InChI is InChI=1S/C19H36N4O2S.HI/c1-3-20-19(22-18-8-7-16-5-4-6-17(16)13-18)21-14-15-9-11-23(12-10-15)26(2,24)25;/h15-18H,3-14H2,1-2H3,(H2,20,21,22);1H. The largest absolute Gasteiger partial charge is 0.357 e. The molecule has 3 rings (SSSR count). The van der Waals surface area contributed by atoms with Gasteiger partial charge in [-0.3, -0.25) is 4.99 Å². The van der Waals surface area contributed by atoms with Gasteiger partial charge in [-0.1, -0.05) is 19.3 Å². The molecule has 27 heavy (non-hydrogen) atoms. The smallest absolute Gasteiger partial charge is 0.211 e. The molecule has 0 aromatic carbocycles. The van der Waals surface area contributed by atoms with E-state index in [2.05, 4.69) is 17.6 Å². The van der Waals surface area contributed by atoms with E-state index in [0.717, 1.165) is 43.7 Å². The zero-order valence-corrected chi connectivity index (χ0v) is 20.0. The molecule has 3 unspecified atom stereocenters. The van der Waals surface area contributed by atoms with Gasteiger partial charge in [0.2, 0.25) is 10.0 Å². The van der Waals surface area contributed by atoms with E-state index in [0.29, 0.717) is 25.0 Å². The van der Waals surface area contributed by atoms with E-state index in [-0.39, 0.29) is 24.0 Å². The number of halogens is 1. The van der Waals surface area contributed by atoms with Crippen LogP contribution in [0.3, 0.4) is 0 Å². The zero-order chi connectivity index (χ0) is 18.6. The number of rotatable bonds is 5. The van der Waals surface area contributed by atoms with Crippen molar-refractivity contribution >= 4 is 40.0 Å². The Bertz CT molecular complexity index is 591. The molecule has 8 heteroatoms. The van der Waals surface area contributed by atoms with Crippen LogP contribution in [0.4, 0.5) is 0 Å². The molecule has 1 saturated heterocycles. The van der Waals surface area contributed by atoms with E-state index >= 15 is 0 Å². The summed E-state index contributed by atoms with van der Waals surface area (Å²) in [6.07, 6.45) is 11.3. The normalized spacial score (nSPS) is 30.4. The van der Waals surface area contributed by atoms with Crippen LogP contribution in [0.5, 0.6) is 0 Å². The molecule has 1 aliphatic heterocycles. The zero-order valence-electron chi connectivity index (χ0n) is 16.8. The van der Waals surface area contributed by atoms with Gasteiger partial charge in [-0.05, 0) is 56.8 Å². The quantitative estimate of drug-likeness (QED) is 0.338. The van der Waals surface area contributed by atoms with Crippen LogP contribution < -0.4 is 10.6 Å². The van der Waals surface area contributed by atoms with Gasteiger partial charge in [0.25, 0.3) is 0 Å². The number of nitrogens with one attached hydrogen (secondary N) is 2. The van der Waals surface area contributed by atoms with Crippen LogP contribution in [0, 0.1) is 17.8 Å². The second-order valence-electron chi connectivity index (χ2n) is 8.43. The fourth-order valence-electron chi connectivity index (χ4n) is 4.99. The number of aliphatic imine (C=N–C) groups is 1. The number of guanidine groups is 1. The fourth-order valence-corrected chi connectivity index (χ4v) is 5.86. The van der Waals surface area contributed by atoms with Crippen LogP contribution in [0.1, 0.15) is 58.3 Å². The number of piperidine rings is 1. The third kappa shape index (κ3) is 6.73. The molecule has 0 bridgehead atoms. The van der Waals surface area contributed by atoms with Crippen molar-refractivity contribution in [3.63, 3.8) is 0 Å². The number of fused-ring (bicyclic) bond motifs is 1. The van der Waals surface area contributed by atoms with E-state index in [1.807, 2.05) is 0 Å². The lowest BCUT2D eigenvalue weighted by molar-refractivity contribution is 0.239. The lowest BCUT2D eigenvalue weighted by Gasteiger charge is -2.33. The Morgan fingerprint density at radius 1 is 1.07 bits per heavy atom. The average Bonchev–Trinajstić information content (AvgIpc) is 3.07. The van der Waals surface area contributed by atoms with Crippen molar-refractivity contribution in [3.05, 3.63) is 0 Å². The third-order valence-electron chi connectivity index (χ3n) is 6.52. The Labute approximate surface area is 182 Å². The Morgan fingerprint density at radius 2 is 1.78 bits per heavy atom. The van der Waals surface area contributed by atoms with Crippen molar-refractivity contribution in [1.82, 2.24) is 14.9 Å². The summed E-state index contributed by atoms with van der Waals surface area (Å²) < 4.78 is 24.8. The predicted octanol–water partition coefficient (Wildman–Crippen LogP) is 2.80. The third-order valence-corrected chi connectivity index (χ3v) is 7.83. The van der Waals surface area contributed by atoms with Gasteiger partial charge in [0.05, 0.1) is 6.26 Å². The summed E-state index contributed by atoms with van der Waals surface area (Å²) in [6.45, 7) is 5.03. The maximum absolute atomic E-state index is 11.6. The summed E-state index contributed by atoms with van der Waals surface area (Å²) in [5, 5.41) is 7.07. The van der Waals surface area contributed by atoms with Gasteiger partial charge in [-0.15, -0.1) is 24.0 Å². The summed E-state index contributed by atoms with van der Waals surface area (Å²) in [7, 11) is -3.04. The van der Waals surface area contributed by atoms with Crippen molar-refractivity contribution in [2.75, 3.05) is 32.4 Å². The number of sulfonamides is 1. The molecule has 0 amide bonds. The molecule has 2 aliphatic carbocycles. The number of nitrogens with zero attached hydrogens (tertiary/aromatic N) is 2. The summed E-state index contributed by atoms with van der Waals surface area (Å²) in [6, 6.07) is 0.555. The summed E-state index contributed by atoms with van der Waals surface area (Å²) >= 11 is 0. The molecule has 3 fully saturated rings. The number of hydrogen-bond acceptors (Lipinski definition) is 3. The first kappa shape index (κ1) is 23.2. The number of hydrogen-bond donors (Lipinski definition) is 2. The lowest BCUT2D eigenvalue weighted by Crippen LogP contribution is -2.46. The summed E-state index contributed by atoms with van der Waals surface area (Å²) in [5.41, 5.74) is 0. The van der Waals surface area contributed by atoms with Gasteiger partial charge in [0.1, 0.15) is 0 Å². The first-order chi connectivity index (χ1) is 12.5. The second kappa shape index (κ2) is 10.6. The van der Waals surface area contributed by atoms with Gasteiger partial charge in [-0.25, -0.2) is 12.7 Å². The molecule has 0 aromatic rings. The molecular formula is C19H37IN4O2S. The van der Waals surface area contributed by atoms with Gasteiger partial charge in [0, 0.05) is 32.2 Å². The van der Waals surface area contributed by atoms with Gasteiger partial charge >= 0.3 is 0 Å². The second-order valence-corrected chi connectivity index (χ2v) is 10.4. The minimum atomic E-state index is -3.04. The van der Waals surface area contributed by atoms with Crippen LogP contribution in [0.25, 0.3) is 0 Å². The van der Waals surface area contributed by atoms with Crippen molar-refractivity contribution in [2.45, 2.75) is 64.3 Å². The molecule has 2 saturated carbocycles. The SMILES string of the molecule is CCNC(=NCC1CCN(S(C)(=O)=O)CC1)NC1CCC2CCCC2C1.I. The van der Waals surface area contributed by atoms with Crippen molar-refractivity contribution in [1.29, 1.82) is 0 Å². The Balaban J connectivity index is 0.00000261. The van der Waals surface area contributed by atoms with E-state index in [9.17, 15) is 8.42 Å². The van der Waals surface area contributed by atoms with Crippen LogP contribution in [-0.4, -0.2) is 57.2 Å². The fraction of sp³-hybridized carbons (Fsp3) is 0.947. The highest BCUT2D eigenvalue weighted by Crippen LogP contribution is 2.42. The molecule has 0 spiro atoms. The molecule has 158 valence electrons. The minimum absolute atomic E-state index is 0. The topological polar surface area (TPSA) is 73.8 Å². The lowest BCUT2D eigenvalue weighted by atomic mass is 9.79. The van der Waals surface area contributed by atoms with Gasteiger partial charge in [0.15, 0.2) is 5.96 Å². The molecule has 3 atom stereocenters. The molecule has 0 radical (unpaired) electrons. The van der Waals surface area contributed by atoms with Crippen molar-refractivity contribution in [2.24, 2.45) is 22.7 Å². The van der Waals surface area contributed by atoms with E-state index in [4.69, 9.17) is 4.99 Å². The van der Waals surface area contributed by atoms with Crippen molar-refractivity contribution in [3.8, 4) is 0 Å². The van der Waals surface area contributed by atoms with Gasteiger partial charge in [-0.2, -0.15) is 0 Å². The molecule has 0 aromatic heterocycles. The Kier molecular flexibility index (Phi) is 9.12. The van der Waals surface area contributed by atoms with Crippen molar-refractivity contribution < 1.29 is 8.42 Å². The maximum Gasteiger partial charge on any atom is 0.211 e. The highest BCUT2D eigenvalue weighted by Gasteiger charge is 2.34. The predicted molar refractivity (Wildman–Crippen MR) is 122 cm³/mol. The minimum Gasteiger partial charge on any atom is -0.357 e. The van der Waals surface area contributed by atoms with Crippen LogP contribution in [0.2, 0.25) is 0 Å². The first-order valence-electron chi connectivity index (χ1n) is 10.5. The van der Waals surface area contributed by atoms with Crippen LogP contribution >= 0.6 is 24.0 Å². The summed E-state index contributed by atoms with van der Waals surface area (Å²) in [4.78, 5) is 4.83. The molecule has 3 aliphatic rings. The molecule has 2 N–H and O–H groups in total. The Hall–Kier alpha value is -0.0900. The van der Waals surface area contributed by atoms with Gasteiger partial charge < -0.3 is 10.6 Å². The molecule has 6 nitrogen and oxygen atoms in total. The first-order valence-corrected chi connectivity index (χ1v) is 12.3. The molecule has 1 heterocycles. The van der Waals surface area contributed by atoms with E-state index < -0.39 is 10.0 Å². The molecular weight excluding hydrogens is 475 g/mol.